The van der Waals surface area contributed by atoms with E-state index in [-0.39, 0.29) is 29.7 Å². The molecule has 1 fully saturated rings. The Morgan fingerprint density at radius 1 is 1.24 bits per heavy atom. The molecule has 3 rings (SSSR count). The number of methoxy groups -OCH3 is 1. The summed E-state index contributed by atoms with van der Waals surface area (Å²) in [5.41, 5.74) is 2.36. The lowest BCUT2D eigenvalue weighted by molar-refractivity contribution is 0.373. The van der Waals surface area contributed by atoms with E-state index < -0.39 is 0 Å². The molecular formula is C22H31IN4O2. The van der Waals surface area contributed by atoms with Gasteiger partial charge in [-0.3, -0.25) is 4.99 Å². The maximum absolute atomic E-state index is 9.71. The number of nitrogens with zero attached hydrogens (tertiary/aromatic N) is 2. The molecule has 6 nitrogen and oxygen atoms in total. The Balaban J connectivity index is 0.00000300. The largest absolute Gasteiger partial charge is 0.504 e. The molecular weight excluding hydrogens is 479 g/mol. The highest BCUT2D eigenvalue weighted by atomic mass is 127. The zero-order valence-corrected chi connectivity index (χ0v) is 19.4. The molecule has 0 aliphatic carbocycles. The molecule has 1 aliphatic heterocycles. The predicted octanol–water partition coefficient (Wildman–Crippen LogP) is 3.40. The number of nitrogens with one attached hydrogen (secondary N) is 2. The smallest absolute Gasteiger partial charge is 0.191 e. The first-order valence-corrected chi connectivity index (χ1v) is 9.90. The summed E-state index contributed by atoms with van der Waals surface area (Å²) in [7, 11) is 1.56. The molecule has 0 amide bonds. The summed E-state index contributed by atoms with van der Waals surface area (Å²) in [6.07, 6.45) is 1.88. The summed E-state index contributed by atoms with van der Waals surface area (Å²) in [5.74, 6) is 1.51. The van der Waals surface area contributed by atoms with Crippen LogP contribution in [0.4, 0.5) is 5.69 Å². The monoisotopic (exact) mass is 510 g/mol. The number of hydrogen-bond donors (Lipinski definition) is 3. The molecule has 29 heavy (non-hydrogen) atoms. The van der Waals surface area contributed by atoms with Crippen LogP contribution in [-0.2, 0) is 6.42 Å². The van der Waals surface area contributed by atoms with Gasteiger partial charge in [0.2, 0.25) is 0 Å². The number of aromatic hydroxyl groups is 1. The number of phenols is 1. The standard InChI is InChI=1S/C22H30N4O2.HI/c1-3-23-22(24-13-11-17-9-10-20(27)21(15-17)28-2)25-18-12-14-26(16-18)19-7-5-4-6-8-19;/h4-10,15,18,27H,3,11-14,16H2,1-2H3,(H2,23,24,25);1H. The van der Waals surface area contributed by atoms with Crippen molar-refractivity contribution >= 4 is 35.6 Å². The molecule has 0 radical (unpaired) electrons. The van der Waals surface area contributed by atoms with Crippen molar-refractivity contribution in [1.29, 1.82) is 0 Å². The molecule has 1 atom stereocenters. The van der Waals surface area contributed by atoms with Gasteiger partial charge in [0.25, 0.3) is 0 Å². The van der Waals surface area contributed by atoms with Crippen LogP contribution in [0.2, 0.25) is 0 Å². The van der Waals surface area contributed by atoms with E-state index >= 15 is 0 Å². The topological polar surface area (TPSA) is 69.1 Å². The fourth-order valence-electron chi connectivity index (χ4n) is 3.44. The van der Waals surface area contributed by atoms with Gasteiger partial charge in [0.15, 0.2) is 17.5 Å². The number of para-hydroxylation sites is 1. The lowest BCUT2D eigenvalue weighted by Crippen LogP contribution is -2.44. The fraction of sp³-hybridized carbons (Fsp3) is 0.409. The van der Waals surface area contributed by atoms with Crippen molar-refractivity contribution in [3.8, 4) is 11.5 Å². The number of anilines is 1. The average molecular weight is 510 g/mol. The third-order valence-corrected chi connectivity index (χ3v) is 4.91. The SMILES string of the molecule is CCNC(=NCCc1ccc(O)c(OC)c1)NC1CCN(c2ccccc2)C1.I. The summed E-state index contributed by atoms with van der Waals surface area (Å²) in [4.78, 5) is 7.13. The first-order valence-electron chi connectivity index (χ1n) is 9.90. The molecule has 0 bridgehead atoms. The van der Waals surface area contributed by atoms with Gasteiger partial charge in [-0.05, 0) is 49.6 Å². The van der Waals surface area contributed by atoms with E-state index in [0.29, 0.717) is 18.3 Å². The van der Waals surface area contributed by atoms with E-state index in [0.717, 1.165) is 44.0 Å². The van der Waals surface area contributed by atoms with Crippen LogP contribution >= 0.6 is 24.0 Å². The average Bonchev–Trinajstić information content (AvgIpc) is 3.18. The van der Waals surface area contributed by atoms with E-state index in [9.17, 15) is 5.11 Å². The quantitative estimate of drug-likeness (QED) is 0.303. The van der Waals surface area contributed by atoms with Gasteiger partial charge in [0.05, 0.1) is 7.11 Å². The van der Waals surface area contributed by atoms with Crippen molar-refractivity contribution in [3.63, 3.8) is 0 Å². The molecule has 7 heteroatoms. The minimum Gasteiger partial charge on any atom is -0.504 e. The molecule has 0 aromatic heterocycles. The summed E-state index contributed by atoms with van der Waals surface area (Å²) in [6, 6.07) is 16.3. The third-order valence-electron chi connectivity index (χ3n) is 4.91. The van der Waals surface area contributed by atoms with Crippen LogP contribution in [-0.4, -0.2) is 50.4 Å². The highest BCUT2D eigenvalue weighted by molar-refractivity contribution is 14.0. The Morgan fingerprint density at radius 2 is 2.03 bits per heavy atom. The second-order valence-electron chi connectivity index (χ2n) is 6.93. The zero-order chi connectivity index (χ0) is 19.8. The van der Waals surface area contributed by atoms with Crippen molar-refractivity contribution in [2.45, 2.75) is 25.8 Å². The Kier molecular flexibility index (Phi) is 9.37. The van der Waals surface area contributed by atoms with E-state index in [1.54, 1.807) is 13.2 Å². The summed E-state index contributed by atoms with van der Waals surface area (Å²) >= 11 is 0. The van der Waals surface area contributed by atoms with Gasteiger partial charge >= 0.3 is 0 Å². The summed E-state index contributed by atoms with van der Waals surface area (Å²) < 4.78 is 5.17. The van der Waals surface area contributed by atoms with Crippen molar-refractivity contribution in [2.24, 2.45) is 4.99 Å². The first kappa shape index (κ1) is 23.1. The van der Waals surface area contributed by atoms with Crippen LogP contribution in [0.3, 0.4) is 0 Å². The molecule has 0 saturated carbocycles. The maximum atomic E-state index is 9.71. The van der Waals surface area contributed by atoms with E-state index in [1.807, 2.05) is 12.1 Å². The number of halogens is 1. The van der Waals surface area contributed by atoms with Crippen molar-refractivity contribution in [3.05, 3.63) is 54.1 Å². The van der Waals surface area contributed by atoms with Crippen LogP contribution in [0.25, 0.3) is 0 Å². The fourth-order valence-corrected chi connectivity index (χ4v) is 3.44. The minimum absolute atomic E-state index is 0. The second-order valence-corrected chi connectivity index (χ2v) is 6.93. The van der Waals surface area contributed by atoms with Crippen LogP contribution in [0.5, 0.6) is 11.5 Å². The normalized spacial score (nSPS) is 16.3. The number of rotatable bonds is 7. The molecule has 1 saturated heterocycles. The van der Waals surface area contributed by atoms with Crippen LogP contribution in [0, 0.1) is 0 Å². The predicted molar refractivity (Wildman–Crippen MR) is 130 cm³/mol. The number of aliphatic imine (C=N–C) groups is 1. The van der Waals surface area contributed by atoms with Crippen molar-refractivity contribution < 1.29 is 9.84 Å². The minimum atomic E-state index is 0. The van der Waals surface area contributed by atoms with Gasteiger partial charge in [0.1, 0.15) is 0 Å². The molecule has 2 aromatic rings. The lowest BCUT2D eigenvalue weighted by Gasteiger charge is -2.20. The third kappa shape index (κ3) is 6.69. The number of benzene rings is 2. The van der Waals surface area contributed by atoms with Crippen LogP contribution in [0.1, 0.15) is 18.9 Å². The maximum Gasteiger partial charge on any atom is 0.191 e. The number of ether oxygens (including phenoxy) is 1. The van der Waals surface area contributed by atoms with Gasteiger partial charge in [-0.1, -0.05) is 24.3 Å². The molecule has 1 heterocycles. The molecule has 2 aromatic carbocycles. The number of hydrogen-bond acceptors (Lipinski definition) is 4. The van der Waals surface area contributed by atoms with E-state index in [2.05, 4.69) is 52.8 Å². The van der Waals surface area contributed by atoms with Gasteiger partial charge in [0, 0.05) is 37.9 Å². The van der Waals surface area contributed by atoms with E-state index in [4.69, 9.17) is 9.73 Å². The zero-order valence-electron chi connectivity index (χ0n) is 17.1. The Labute approximate surface area is 190 Å². The molecule has 3 N–H and O–H groups in total. The van der Waals surface area contributed by atoms with Gasteiger partial charge in [-0.25, -0.2) is 0 Å². The van der Waals surface area contributed by atoms with Crippen LogP contribution < -0.4 is 20.3 Å². The molecule has 1 aliphatic rings. The molecule has 0 spiro atoms. The first-order chi connectivity index (χ1) is 13.7. The Hall–Kier alpha value is -2.16. The summed E-state index contributed by atoms with van der Waals surface area (Å²) in [6.45, 7) is 5.59. The van der Waals surface area contributed by atoms with Crippen molar-refractivity contribution in [1.82, 2.24) is 10.6 Å². The highest BCUT2D eigenvalue weighted by Gasteiger charge is 2.23. The number of phenolic OH excluding ortho intramolecular Hbond substituents is 1. The molecule has 1 unspecified atom stereocenters. The van der Waals surface area contributed by atoms with Crippen LogP contribution in [0.15, 0.2) is 53.5 Å². The number of guanidine groups is 1. The Bertz CT molecular complexity index is 786. The second kappa shape index (κ2) is 11.7. The van der Waals surface area contributed by atoms with Gasteiger partial charge in [-0.2, -0.15) is 0 Å². The Morgan fingerprint density at radius 3 is 2.76 bits per heavy atom. The van der Waals surface area contributed by atoms with E-state index in [1.165, 1.54) is 5.69 Å². The van der Waals surface area contributed by atoms with Gasteiger partial charge in [-0.15, -0.1) is 24.0 Å². The lowest BCUT2D eigenvalue weighted by atomic mass is 10.1. The highest BCUT2D eigenvalue weighted by Crippen LogP contribution is 2.26. The van der Waals surface area contributed by atoms with Crippen molar-refractivity contribution in [2.75, 3.05) is 38.2 Å². The molecule has 158 valence electrons. The summed E-state index contributed by atoms with van der Waals surface area (Å²) in [5, 5.41) is 16.6. The van der Waals surface area contributed by atoms with Gasteiger partial charge < -0.3 is 25.4 Å².